The molecule has 1 aliphatic heterocycles. The molecule has 6 heteroatoms. The summed E-state index contributed by atoms with van der Waals surface area (Å²) in [6, 6.07) is 6.50. The fourth-order valence-electron chi connectivity index (χ4n) is 2.11. The summed E-state index contributed by atoms with van der Waals surface area (Å²) in [5.41, 5.74) is 1.02. The second kappa shape index (κ2) is 6.38. The molecule has 0 bridgehead atoms. The summed E-state index contributed by atoms with van der Waals surface area (Å²) in [5.74, 6) is -0.961. The molecule has 20 heavy (non-hydrogen) atoms. The Morgan fingerprint density at radius 2 is 1.95 bits per heavy atom. The van der Waals surface area contributed by atoms with Gasteiger partial charge in [0, 0.05) is 32.7 Å². The van der Waals surface area contributed by atoms with E-state index in [4.69, 9.17) is 5.11 Å². The van der Waals surface area contributed by atoms with E-state index in [2.05, 4.69) is 10.2 Å². The SMILES string of the molecule is CN1CCN(C(=O)NCc2cccc(C(=O)O)c2)CC1. The zero-order valence-electron chi connectivity index (χ0n) is 11.5. The number of aromatic carboxylic acids is 1. The van der Waals surface area contributed by atoms with Crippen LogP contribution >= 0.6 is 0 Å². The van der Waals surface area contributed by atoms with E-state index >= 15 is 0 Å². The average Bonchev–Trinajstić information content (AvgIpc) is 2.46. The number of hydrogen-bond donors (Lipinski definition) is 2. The van der Waals surface area contributed by atoms with Gasteiger partial charge in [-0.2, -0.15) is 0 Å². The number of carboxylic acids is 1. The van der Waals surface area contributed by atoms with Crippen molar-refractivity contribution in [1.29, 1.82) is 0 Å². The number of amides is 2. The Labute approximate surface area is 118 Å². The number of likely N-dealkylation sites (N-methyl/N-ethyl adjacent to an activating group) is 1. The van der Waals surface area contributed by atoms with Gasteiger partial charge in [-0.3, -0.25) is 0 Å². The molecule has 6 nitrogen and oxygen atoms in total. The van der Waals surface area contributed by atoms with Gasteiger partial charge in [0.05, 0.1) is 5.56 Å². The maximum atomic E-state index is 12.0. The van der Waals surface area contributed by atoms with Crippen LogP contribution in [-0.4, -0.2) is 60.1 Å². The van der Waals surface area contributed by atoms with Crippen molar-refractivity contribution in [1.82, 2.24) is 15.1 Å². The van der Waals surface area contributed by atoms with Crippen molar-refractivity contribution in [3.63, 3.8) is 0 Å². The van der Waals surface area contributed by atoms with Crippen molar-refractivity contribution in [3.05, 3.63) is 35.4 Å². The molecule has 2 amide bonds. The molecule has 1 aromatic rings. The molecule has 108 valence electrons. The topological polar surface area (TPSA) is 72.9 Å². The minimum Gasteiger partial charge on any atom is -0.478 e. The Balaban J connectivity index is 1.87. The highest BCUT2D eigenvalue weighted by molar-refractivity contribution is 5.87. The summed E-state index contributed by atoms with van der Waals surface area (Å²) in [6.07, 6.45) is 0. The first kappa shape index (κ1) is 14.3. The molecule has 0 saturated carbocycles. The van der Waals surface area contributed by atoms with Crippen molar-refractivity contribution in [2.75, 3.05) is 33.2 Å². The van der Waals surface area contributed by atoms with Crippen LogP contribution in [0.25, 0.3) is 0 Å². The molecule has 1 fully saturated rings. The van der Waals surface area contributed by atoms with Crippen molar-refractivity contribution in [2.24, 2.45) is 0 Å². The smallest absolute Gasteiger partial charge is 0.335 e. The monoisotopic (exact) mass is 277 g/mol. The van der Waals surface area contributed by atoms with E-state index < -0.39 is 5.97 Å². The average molecular weight is 277 g/mol. The predicted molar refractivity (Wildman–Crippen MR) is 74.7 cm³/mol. The van der Waals surface area contributed by atoms with E-state index in [0.29, 0.717) is 6.54 Å². The molecule has 1 saturated heterocycles. The Hall–Kier alpha value is -2.08. The van der Waals surface area contributed by atoms with Crippen LogP contribution in [0.3, 0.4) is 0 Å². The van der Waals surface area contributed by atoms with E-state index in [1.807, 2.05) is 7.05 Å². The van der Waals surface area contributed by atoms with Crippen LogP contribution in [0, 0.1) is 0 Å². The Morgan fingerprint density at radius 1 is 1.25 bits per heavy atom. The number of carboxylic acid groups (broad SMARTS) is 1. The molecule has 0 radical (unpaired) electrons. The Bertz CT molecular complexity index is 496. The van der Waals surface area contributed by atoms with Gasteiger partial charge >= 0.3 is 12.0 Å². The molecule has 2 rings (SSSR count). The third kappa shape index (κ3) is 3.71. The largest absolute Gasteiger partial charge is 0.478 e. The Morgan fingerprint density at radius 3 is 2.60 bits per heavy atom. The minimum absolute atomic E-state index is 0.0983. The molecule has 0 atom stereocenters. The number of nitrogens with one attached hydrogen (secondary N) is 1. The van der Waals surface area contributed by atoms with Crippen LogP contribution in [-0.2, 0) is 6.54 Å². The first-order valence-electron chi connectivity index (χ1n) is 6.60. The van der Waals surface area contributed by atoms with E-state index in [1.54, 1.807) is 23.1 Å². The summed E-state index contributed by atoms with van der Waals surface area (Å²) < 4.78 is 0. The van der Waals surface area contributed by atoms with Gasteiger partial charge in [-0.1, -0.05) is 12.1 Å². The molecule has 0 unspecified atom stereocenters. The van der Waals surface area contributed by atoms with Gasteiger partial charge in [-0.15, -0.1) is 0 Å². The number of hydrogen-bond acceptors (Lipinski definition) is 3. The normalized spacial score (nSPS) is 15.9. The van der Waals surface area contributed by atoms with Crippen LogP contribution in [0.5, 0.6) is 0 Å². The number of benzene rings is 1. The lowest BCUT2D eigenvalue weighted by atomic mass is 10.1. The highest BCUT2D eigenvalue weighted by Crippen LogP contribution is 2.06. The summed E-state index contributed by atoms with van der Waals surface area (Å²) in [4.78, 5) is 26.8. The van der Waals surface area contributed by atoms with Gasteiger partial charge < -0.3 is 20.2 Å². The lowest BCUT2D eigenvalue weighted by molar-refractivity contribution is 0.0696. The summed E-state index contributed by atoms with van der Waals surface area (Å²) in [7, 11) is 2.03. The lowest BCUT2D eigenvalue weighted by Crippen LogP contribution is -2.50. The Kier molecular flexibility index (Phi) is 4.57. The van der Waals surface area contributed by atoms with Gasteiger partial charge in [0.2, 0.25) is 0 Å². The molecule has 1 heterocycles. The van der Waals surface area contributed by atoms with Crippen LogP contribution < -0.4 is 5.32 Å². The van der Waals surface area contributed by atoms with Gasteiger partial charge in [0.1, 0.15) is 0 Å². The first-order valence-corrected chi connectivity index (χ1v) is 6.60. The summed E-state index contributed by atoms with van der Waals surface area (Å²) in [6.45, 7) is 3.53. The van der Waals surface area contributed by atoms with Crippen molar-refractivity contribution in [2.45, 2.75) is 6.54 Å². The fraction of sp³-hybridized carbons (Fsp3) is 0.429. The first-order chi connectivity index (χ1) is 9.56. The van der Waals surface area contributed by atoms with E-state index in [1.165, 1.54) is 6.07 Å². The third-order valence-corrected chi connectivity index (χ3v) is 3.41. The standard InChI is InChI=1S/C14H19N3O3/c1-16-5-7-17(8-6-16)14(20)15-10-11-3-2-4-12(9-11)13(18)19/h2-4,9H,5-8,10H2,1H3,(H,15,20)(H,18,19). The minimum atomic E-state index is -0.961. The molecule has 0 spiro atoms. The summed E-state index contributed by atoms with van der Waals surface area (Å²) in [5, 5.41) is 11.7. The van der Waals surface area contributed by atoms with Crippen LogP contribution in [0.4, 0.5) is 4.79 Å². The quantitative estimate of drug-likeness (QED) is 0.859. The fourth-order valence-corrected chi connectivity index (χ4v) is 2.11. The van der Waals surface area contributed by atoms with Crippen LogP contribution in [0.15, 0.2) is 24.3 Å². The molecule has 1 aliphatic rings. The molecule has 2 N–H and O–H groups in total. The van der Waals surface area contributed by atoms with Gasteiger partial charge in [-0.05, 0) is 24.7 Å². The number of carbonyl (C=O) groups is 2. The van der Waals surface area contributed by atoms with Gasteiger partial charge in [0.15, 0.2) is 0 Å². The van der Waals surface area contributed by atoms with Crippen molar-refractivity contribution < 1.29 is 14.7 Å². The lowest BCUT2D eigenvalue weighted by Gasteiger charge is -2.32. The van der Waals surface area contributed by atoms with E-state index in [9.17, 15) is 9.59 Å². The molecular weight excluding hydrogens is 258 g/mol. The number of nitrogens with zero attached hydrogens (tertiary/aromatic N) is 2. The highest BCUT2D eigenvalue weighted by Gasteiger charge is 2.18. The van der Waals surface area contributed by atoms with Crippen molar-refractivity contribution in [3.8, 4) is 0 Å². The molecule has 1 aromatic carbocycles. The number of rotatable bonds is 3. The van der Waals surface area contributed by atoms with Gasteiger partial charge in [-0.25, -0.2) is 9.59 Å². The zero-order valence-corrected chi connectivity index (χ0v) is 11.5. The van der Waals surface area contributed by atoms with E-state index in [0.717, 1.165) is 31.7 Å². The third-order valence-electron chi connectivity index (χ3n) is 3.41. The zero-order chi connectivity index (χ0) is 14.5. The van der Waals surface area contributed by atoms with Gasteiger partial charge in [0.25, 0.3) is 0 Å². The number of piperazine rings is 1. The predicted octanol–water partition coefficient (Wildman–Crippen LogP) is 0.842. The van der Waals surface area contributed by atoms with Crippen molar-refractivity contribution >= 4 is 12.0 Å². The molecular formula is C14H19N3O3. The highest BCUT2D eigenvalue weighted by atomic mass is 16.4. The second-order valence-electron chi connectivity index (χ2n) is 4.95. The number of carbonyl (C=O) groups excluding carboxylic acids is 1. The van der Waals surface area contributed by atoms with Crippen LogP contribution in [0.1, 0.15) is 15.9 Å². The molecule has 0 aliphatic carbocycles. The maximum absolute atomic E-state index is 12.0. The van der Waals surface area contributed by atoms with E-state index in [-0.39, 0.29) is 11.6 Å². The molecule has 0 aromatic heterocycles. The van der Waals surface area contributed by atoms with Crippen LogP contribution in [0.2, 0.25) is 0 Å². The summed E-state index contributed by atoms with van der Waals surface area (Å²) >= 11 is 0. The number of urea groups is 1. The second-order valence-corrected chi connectivity index (χ2v) is 4.95. The maximum Gasteiger partial charge on any atom is 0.335 e.